The van der Waals surface area contributed by atoms with E-state index >= 15 is 0 Å². The molecular formula is C28H32N2O2. The Morgan fingerprint density at radius 2 is 1.44 bits per heavy atom. The molecule has 4 heteroatoms. The first-order valence-corrected chi connectivity index (χ1v) is 11.1. The molecule has 3 aromatic rings. The van der Waals surface area contributed by atoms with Crippen LogP contribution in [0.1, 0.15) is 40.9 Å². The highest BCUT2D eigenvalue weighted by Gasteiger charge is 2.13. The molecule has 0 saturated carbocycles. The third-order valence-corrected chi connectivity index (χ3v) is 5.76. The van der Waals surface area contributed by atoms with E-state index in [1.54, 1.807) is 6.07 Å². The lowest BCUT2D eigenvalue weighted by Crippen LogP contribution is -2.21. The van der Waals surface area contributed by atoms with Crippen LogP contribution in [0.5, 0.6) is 0 Å². The predicted molar refractivity (Wildman–Crippen MR) is 135 cm³/mol. The molecule has 0 unspecified atom stereocenters. The van der Waals surface area contributed by atoms with Gasteiger partial charge in [0, 0.05) is 38.6 Å². The van der Waals surface area contributed by atoms with Gasteiger partial charge < -0.3 is 14.9 Å². The maximum Gasteiger partial charge on any atom is 0.336 e. The zero-order valence-corrected chi connectivity index (χ0v) is 19.4. The number of aromatic carboxylic acids is 1. The number of hydrogen-bond acceptors (Lipinski definition) is 3. The lowest BCUT2D eigenvalue weighted by atomic mass is 9.94. The van der Waals surface area contributed by atoms with Crippen LogP contribution in [0.15, 0.2) is 78.9 Å². The van der Waals surface area contributed by atoms with Crippen molar-refractivity contribution in [1.29, 1.82) is 0 Å². The zero-order chi connectivity index (χ0) is 23.1. The van der Waals surface area contributed by atoms with E-state index in [4.69, 9.17) is 0 Å². The van der Waals surface area contributed by atoms with Crippen LogP contribution in [-0.4, -0.2) is 38.3 Å². The molecule has 0 aliphatic rings. The standard InChI is InChI=1S/C28H32N2O2/c1-5-30(6-2)24-16-12-22(13-17-24)26(21-10-8-7-9-11-21)19-15-23-14-18-25(29(3)4)20-27(23)28(31)32/h7-14,16-20H,5-6,15H2,1-4H3,(H,31,32). The first kappa shape index (κ1) is 23.1. The topological polar surface area (TPSA) is 43.8 Å². The number of anilines is 2. The van der Waals surface area contributed by atoms with E-state index < -0.39 is 5.97 Å². The quantitative estimate of drug-likeness (QED) is 0.456. The second kappa shape index (κ2) is 10.7. The largest absolute Gasteiger partial charge is 0.478 e. The van der Waals surface area contributed by atoms with E-state index in [0.29, 0.717) is 12.0 Å². The Labute approximate surface area is 191 Å². The molecule has 0 atom stereocenters. The lowest BCUT2D eigenvalue weighted by Gasteiger charge is -2.21. The highest BCUT2D eigenvalue weighted by atomic mass is 16.4. The number of rotatable bonds is 9. The van der Waals surface area contributed by atoms with Crippen LogP contribution in [0.2, 0.25) is 0 Å². The van der Waals surface area contributed by atoms with Crippen LogP contribution in [0.25, 0.3) is 5.57 Å². The summed E-state index contributed by atoms with van der Waals surface area (Å²) in [5.74, 6) is -0.901. The summed E-state index contributed by atoms with van der Waals surface area (Å²) in [4.78, 5) is 16.1. The van der Waals surface area contributed by atoms with Gasteiger partial charge in [0.15, 0.2) is 0 Å². The first-order chi connectivity index (χ1) is 15.4. The molecule has 0 spiro atoms. The van der Waals surface area contributed by atoms with Crippen molar-refractivity contribution in [2.45, 2.75) is 20.3 Å². The number of benzene rings is 3. The minimum Gasteiger partial charge on any atom is -0.478 e. The van der Waals surface area contributed by atoms with Crippen molar-refractivity contribution in [3.8, 4) is 0 Å². The number of carboxylic acid groups (broad SMARTS) is 1. The van der Waals surface area contributed by atoms with Crippen molar-refractivity contribution in [3.63, 3.8) is 0 Å². The Balaban J connectivity index is 2.00. The van der Waals surface area contributed by atoms with Gasteiger partial charge in [-0.1, -0.05) is 54.6 Å². The van der Waals surface area contributed by atoms with E-state index in [0.717, 1.165) is 41.0 Å². The van der Waals surface area contributed by atoms with E-state index in [1.165, 1.54) is 5.69 Å². The molecule has 4 nitrogen and oxygen atoms in total. The van der Waals surface area contributed by atoms with Crippen LogP contribution < -0.4 is 9.80 Å². The lowest BCUT2D eigenvalue weighted by molar-refractivity contribution is 0.0696. The van der Waals surface area contributed by atoms with Gasteiger partial charge in [-0.3, -0.25) is 0 Å². The van der Waals surface area contributed by atoms with Gasteiger partial charge in [-0.15, -0.1) is 0 Å². The predicted octanol–water partition coefficient (Wildman–Crippen LogP) is 5.97. The van der Waals surface area contributed by atoms with Gasteiger partial charge in [0.1, 0.15) is 0 Å². The van der Waals surface area contributed by atoms with Crippen LogP contribution >= 0.6 is 0 Å². The van der Waals surface area contributed by atoms with Gasteiger partial charge >= 0.3 is 5.97 Å². The molecule has 0 aromatic heterocycles. The molecule has 1 N–H and O–H groups in total. The third-order valence-electron chi connectivity index (χ3n) is 5.76. The second-order valence-electron chi connectivity index (χ2n) is 7.95. The summed E-state index contributed by atoms with van der Waals surface area (Å²) in [6.07, 6.45) is 2.68. The number of carbonyl (C=O) groups is 1. The van der Waals surface area contributed by atoms with Crippen molar-refractivity contribution in [2.75, 3.05) is 37.0 Å². The molecule has 0 amide bonds. The highest BCUT2D eigenvalue weighted by molar-refractivity contribution is 5.91. The van der Waals surface area contributed by atoms with Gasteiger partial charge in [-0.05, 0) is 66.8 Å². The molecule has 0 heterocycles. The first-order valence-electron chi connectivity index (χ1n) is 11.1. The van der Waals surface area contributed by atoms with E-state index in [2.05, 4.69) is 61.2 Å². The van der Waals surface area contributed by atoms with E-state index in [9.17, 15) is 9.90 Å². The van der Waals surface area contributed by atoms with Crippen molar-refractivity contribution in [2.24, 2.45) is 0 Å². The Morgan fingerprint density at radius 1 is 0.844 bits per heavy atom. The Morgan fingerprint density at radius 3 is 2.00 bits per heavy atom. The maximum atomic E-state index is 11.9. The second-order valence-corrected chi connectivity index (χ2v) is 7.95. The molecule has 0 fully saturated rings. The Bertz CT molecular complexity index is 1070. The molecular weight excluding hydrogens is 396 g/mol. The minimum absolute atomic E-state index is 0.344. The summed E-state index contributed by atoms with van der Waals surface area (Å²) in [6, 6.07) is 24.5. The maximum absolute atomic E-state index is 11.9. The van der Waals surface area contributed by atoms with Crippen LogP contribution in [0.4, 0.5) is 11.4 Å². The van der Waals surface area contributed by atoms with Gasteiger partial charge in [0.05, 0.1) is 5.56 Å². The van der Waals surface area contributed by atoms with Gasteiger partial charge in [-0.2, -0.15) is 0 Å². The molecule has 166 valence electrons. The van der Waals surface area contributed by atoms with Crippen LogP contribution in [0, 0.1) is 0 Å². The van der Waals surface area contributed by atoms with Crippen molar-refractivity contribution < 1.29 is 9.90 Å². The van der Waals surface area contributed by atoms with Gasteiger partial charge in [-0.25, -0.2) is 4.79 Å². The highest BCUT2D eigenvalue weighted by Crippen LogP contribution is 2.27. The Hall–Kier alpha value is -3.53. The average molecular weight is 429 g/mol. The molecule has 0 radical (unpaired) electrons. The molecule has 0 aliphatic carbocycles. The normalized spacial score (nSPS) is 11.3. The summed E-state index contributed by atoms with van der Waals surface area (Å²) in [5, 5.41) is 9.76. The molecule has 3 rings (SSSR count). The number of nitrogens with zero attached hydrogens (tertiary/aromatic N) is 2. The van der Waals surface area contributed by atoms with Crippen molar-refractivity contribution in [1.82, 2.24) is 0 Å². The summed E-state index contributed by atoms with van der Waals surface area (Å²) in [6.45, 7) is 6.26. The zero-order valence-electron chi connectivity index (χ0n) is 19.4. The fourth-order valence-electron chi connectivity index (χ4n) is 3.89. The minimum atomic E-state index is -0.901. The van der Waals surface area contributed by atoms with Gasteiger partial charge in [0.25, 0.3) is 0 Å². The van der Waals surface area contributed by atoms with Crippen molar-refractivity contribution >= 4 is 22.9 Å². The Kier molecular flexibility index (Phi) is 7.72. The van der Waals surface area contributed by atoms with Crippen LogP contribution in [-0.2, 0) is 6.42 Å². The summed E-state index contributed by atoms with van der Waals surface area (Å²) in [5.41, 5.74) is 6.57. The molecule has 3 aromatic carbocycles. The van der Waals surface area contributed by atoms with Gasteiger partial charge in [0.2, 0.25) is 0 Å². The molecule has 32 heavy (non-hydrogen) atoms. The monoisotopic (exact) mass is 428 g/mol. The number of hydrogen-bond donors (Lipinski definition) is 1. The number of allylic oxidation sites excluding steroid dienone is 1. The number of carboxylic acids is 1. The molecule has 0 aliphatic heterocycles. The fraction of sp³-hybridized carbons (Fsp3) is 0.250. The SMILES string of the molecule is CCN(CC)c1ccc(C(=CCc2ccc(N(C)C)cc2C(=O)O)c2ccccc2)cc1. The smallest absolute Gasteiger partial charge is 0.336 e. The van der Waals surface area contributed by atoms with E-state index in [-0.39, 0.29) is 0 Å². The van der Waals surface area contributed by atoms with E-state index in [1.807, 2.05) is 49.3 Å². The molecule has 0 saturated heterocycles. The van der Waals surface area contributed by atoms with Crippen LogP contribution in [0.3, 0.4) is 0 Å². The summed E-state index contributed by atoms with van der Waals surface area (Å²) < 4.78 is 0. The molecule has 0 bridgehead atoms. The van der Waals surface area contributed by atoms with Crippen molar-refractivity contribution in [3.05, 3.63) is 101 Å². The average Bonchev–Trinajstić information content (AvgIpc) is 2.81. The summed E-state index contributed by atoms with van der Waals surface area (Å²) >= 11 is 0. The fourth-order valence-corrected chi connectivity index (χ4v) is 3.89. The summed E-state index contributed by atoms with van der Waals surface area (Å²) in [7, 11) is 3.83. The third kappa shape index (κ3) is 5.38.